The molecule has 2 heterocycles. The molecular formula is C16H13N3O2S. The maximum atomic E-state index is 9.30. The van der Waals surface area contributed by atoms with Crippen molar-refractivity contribution in [3.05, 3.63) is 59.4 Å². The van der Waals surface area contributed by atoms with Crippen LogP contribution in [0.15, 0.2) is 48.2 Å². The summed E-state index contributed by atoms with van der Waals surface area (Å²) in [5, 5.41) is 12.1. The Morgan fingerprint density at radius 3 is 2.73 bits per heavy atom. The molecule has 3 aromatic rings. The van der Waals surface area contributed by atoms with Gasteiger partial charge in [0, 0.05) is 35.2 Å². The lowest BCUT2D eigenvalue weighted by atomic mass is 10.2. The molecule has 0 amide bonds. The number of aromatic nitrogens is 2. The minimum absolute atomic E-state index is 0.399. The van der Waals surface area contributed by atoms with Crippen molar-refractivity contribution in [2.75, 3.05) is 7.11 Å². The van der Waals surface area contributed by atoms with E-state index in [-0.39, 0.29) is 0 Å². The molecule has 0 saturated carbocycles. The van der Waals surface area contributed by atoms with Crippen molar-refractivity contribution in [2.24, 2.45) is 0 Å². The van der Waals surface area contributed by atoms with Crippen molar-refractivity contribution in [1.29, 1.82) is 5.26 Å². The summed E-state index contributed by atoms with van der Waals surface area (Å²) in [6.45, 7) is 0.399. The van der Waals surface area contributed by atoms with Gasteiger partial charge in [-0.3, -0.25) is 0 Å². The number of rotatable bonds is 5. The topological polar surface area (TPSA) is 60.1 Å². The third-order valence-electron chi connectivity index (χ3n) is 3.19. The Morgan fingerprint density at radius 2 is 2.09 bits per heavy atom. The predicted molar refractivity (Wildman–Crippen MR) is 83.4 cm³/mol. The summed E-state index contributed by atoms with van der Waals surface area (Å²) >= 11 is 1.52. The Labute approximate surface area is 131 Å². The van der Waals surface area contributed by atoms with Crippen LogP contribution in [0.4, 0.5) is 0 Å². The summed E-state index contributed by atoms with van der Waals surface area (Å²) in [5.74, 6) is 0. The second-order valence-corrected chi connectivity index (χ2v) is 5.43. The normalized spacial score (nSPS) is 10.5. The van der Waals surface area contributed by atoms with Crippen LogP contribution in [0, 0.1) is 11.3 Å². The molecule has 0 aliphatic rings. The standard InChI is InChI=1S/C16H13N3O2S/c1-20-21-11-12-2-4-14(5-3-12)19-9-13(8-17)15(10-19)16-18-6-7-22-16/h2-7,9-10H,11H2,1H3. The average molecular weight is 311 g/mol. The number of nitrogens with zero attached hydrogens (tertiary/aromatic N) is 3. The largest absolute Gasteiger partial charge is 0.322 e. The number of benzene rings is 1. The Morgan fingerprint density at radius 1 is 1.27 bits per heavy atom. The van der Waals surface area contributed by atoms with E-state index < -0.39 is 0 Å². The summed E-state index contributed by atoms with van der Waals surface area (Å²) in [4.78, 5) is 13.8. The minimum atomic E-state index is 0.399. The van der Waals surface area contributed by atoms with Crippen molar-refractivity contribution >= 4 is 11.3 Å². The van der Waals surface area contributed by atoms with Gasteiger partial charge in [0.2, 0.25) is 0 Å². The Balaban J connectivity index is 1.91. The molecule has 0 radical (unpaired) electrons. The quantitative estimate of drug-likeness (QED) is 0.534. The molecule has 22 heavy (non-hydrogen) atoms. The lowest BCUT2D eigenvalue weighted by molar-refractivity contribution is -0.282. The van der Waals surface area contributed by atoms with Gasteiger partial charge in [-0.2, -0.15) is 5.26 Å². The summed E-state index contributed by atoms with van der Waals surface area (Å²) in [5.41, 5.74) is 3.45. The van der Waals surface area contributed by atoms with Gasteiger partial charge in [0.05, 0.1) is 12.7 Å². The summed E-state index contributed by atoms with van der Waals surface area (Å²) in [7, 11) is 1.48. The van der Waals surface area contributed by atoms with Gasteiger partial charge >= 0.3 is 0 Å². The molecule has 0 saturated heterocycles. The maximum Gasteiger partial charge on any atom is 0.126 e. The van der Waals surface area contributed by atoms with Crippen LogP contribution >= 0.6 is 11.3 Å². The van der Waals surface area contributed by atoms with E-state index in [0.29, 0.717) is 12.2 Å². The molecule has 0 atom stereocenters. The van der Waals surface area contributed by atoms with Crippen LogP contribution in [-0.4, -0.2) is 16.7 Å². The fourth-order valence-corrected chi connectivity index (χ4v) is 2.77. The van der Waals surface area contributed by atoms with Crippen LogP contribution in [0.3, 0.4) is 0 Å². The first-order chi connectivity index (χ1) is 10.8. The fourth-order valence-electron chi connectivity index (χ4n) is 2.11. The van der Waals surface area contributed by atoms with E-state index in [1.807, 2.05) is 46.6 Å². The van der Waals surface area contributed by atoms with E-state index in [9.17, 15) is 5.26 Å². The van der Waals surface area contributed by atoms with Crippen LogP contribution in [0.5, 0.6) is 0 Å². The van der Waals surface area contributed by atoms with Gasteiger partial charge in [-0.25, -0.2) is 14.8 Å². The molecule has 2 aromatic heterocycles. The Bertz CT molecular complexity index is 786. The number of nitriles is 1. The lowest BCUT2D eigenvalue weighted by Crippen LogP contribution is -1.93. The zero-order chi connectivity index (χ0) is 15.4. The molecule has 110 valence electrons. The molecule has 1 aromatic carbocycles. The van der Waals surface area contributed by atoms with Crippen molar-refractivity contribution in [2.45, 2.75) is 6.61 Å². The highest BCUT2D eigenvalue weighted by molar-refractivity contribution is 7.13. The monoisotopic (exact) mass is 311 g/mol. The number of hydrogen-bond donors (Lipinski definition) is 0. The van der Waals surface area contributed by atoms with Crippen molar-refractivity contribution in [3.8, 4) is 22.3 Å². The molecule has 0 aliphatic heterocycles. The van der Waals surface area contributed by atoms with Gasteiger partial charge in [-0.15, -0.1) is 11.3 Å². The molecule has 6 heteroatoms. The van der Waals surface area contributed by atoms with Crippen LogP contribution < -0.4 is 0 Å². The minimum Gasteiger partial charge on any atom is -0.322 e. The molecule has 0 spiro atoms. The molecule has 0 unspecified atom stereocenters. The van der Waals surface area contributed by atoms with Crippen LogP contribution in [-0.2, 0) is 16.4 Å². The second-order valence-electron chi connectivity index (χ2n) is 4.54. The first-order valence-electron chi connectivity index (χ1n) is 6.58. The zero-order valence-electron chi connectivity index (χ0n) is 11.9. The SMILES string of the molecule is COOCc1ccc(-n2cc(C#N)c(-c3nccs3)c2)cc1. The first kappa shape index (κ1) is 14.5. The molecule has 0 aliphatic carbocycles. The molecule has 0 bridgehead atoms. The third kappa shape index (κ3) is 2.92. The van der Waals surface area contributed by atoms with E-state index in [0.717, 1.165) is 21.8 Å². The van der Waals surface area contributed by atoms with Gasteiger partial charge < -0.3 is 4.57 Å². The maximum absolute atomic E-state index is 9.30. The highest BCUT2D eigenvalue weighted by atomic mass is 32.1. The van der Waals surface area contributed by atoms with Gasteiger partial charge in [0.25, 0.3) is 0 Å². The van der Waals surface area contributed by atoms with E-state index in [4.69, 9.17) is 4.89 Å². The van der Waals surface area contributed by atoms with Crippen LogP contribution in [0.1, 0.15) is 11.1 Å². The first-order valence-corrected chi connectivity index (χ1v) is 7.46. The van der Waals surface area contributed by atoms with E-state index >= 15 is 0 Å². The fraction of sp³-hybridized carbons (Fsp3) is 0.125. The second kappa shape index (κ2) is 6.54. The van der Waals surface area contributed by atoms with E-state index in [1.165, 1.54) is 18.4 Å². The highest BCUT2D eigenvalue weighted by Gasteiger charge is 2.11. The molecule has 3 rings (SSSR count). The van der Waals surface area contributed by atoms with Gasteiger partial charge in [0.1, 0.15) is 17.7 Å². The smallest absolute Gasteiger partial charge is 0.126 e. The zero-order valence-corrected chi connectivity index (χ0v) is 12.7. The van der Waals surface area contributed by atoms with Gasteiger partial charge in [-0.05, 0) is 17.7 Å². The molecule has 5 nitrogen and oxygen atoms in total. The Hall–Kier alpha value is -2.46. The number of thiazole rings is 1. The lowest BCUT2D eigenvalue weighted by Gasteiger charge is -2.04. The van der Waals surface area contributed by atoms with Crippen molar-refractivity contribution in [3.63, 3.8) is 0 Å². The summed E-state index contributed by atoms with van der Waals surface area (Å²) < 4.78 is 1.93. The Kier molecular flexibility index (Phi) is 4.30. The van der Waals surface area contributed by atoms with Crippen LogP contribution in [0.25, 0.3) is 16.3 Å². The molecule has 0 fully saturated rings. The highest BCUT2D eigenvalue weighted by Crippen LogP contribution is 2.27. The summed E-state index contributed by atoms with van der Waals surface area (Å²) in [6, 6.07) is 10.1. The molecular weight excluding hydrogens is 298 g/mol. The average Bonchev–Trinajstić information content (AvgIpc) is 3.22. The van der Waals surface area contributed by atoms with Gasteiger partial charge in [-0.1, -0.05) is 12.1 Å². The van der Waals surface area contributed by atoms with Crippen molar-refractivity contribution < 1.29 is 9.78 Å². The van der Waals surface area contributed by atoms with Crippen LogP contribution in [0.2, 0.25) is 0 Å². The van der Waals surface area contributed by atoms with Gasteiger partial charge in [0.15, 0.2) is 0 Å². The van der Waals surface area contributed by atoms with Crippen molar-refractivity contribution in [1.82, 2.24) is 9.55 Å². The van der Waals surface area contributed by atoms with E-state index in [1.54, 1.807) is 6.20 Å². The summed E-state index contributed by atoms with van der Waals surface area (Å²) in [6.07, 6.45) is 5.48. The van der Waals surface area contributed by atoms with E-state index in [2.05, 4.69) is 15.9 Å². The third-order valence-corrected chi connectivity index (χ3v) is 3.99. The number of hydrogen-bond acceptors (Lipinski definition) is 5. The predicted octanol–water partition coefficient (Wildman–Crippen LogP) is 3.55. The molecule has 0 N–H and O–H groups in total.